The lowest BCUT2D eigenvalue weighted by molar-refractivity contribution is 0.621. The first-order valence-electron chi connectivity index (χ1n) is 8.30. The molecule has 0 aliphatic heterocycles. The van der Waals surface area contributed by atoms with Gasteiger partial charge in [0.1, 0.15) is 22.6 Å². The molecule has 4 aromatic heterocycles. The van der Waals surface area contributed by atoms with Gasteiger partial charge in [0.2, 0.25) is 0 Å². The van der Waals surface area contributed by atoms with E-state index in [1.165, 1.54) is 12.3 Å². The Hall–Kier alpha value is -3.13. The summed E-state index contributed by atoms with van der Waals surface area (Å²) in [5.41, 5.74) is 8.31. The second-order valence-corrected chi connectivity index (χ2v) is 6.30. The Morgan fingerprint density at radius 1 is 1.15 bits per heavy atom. The molecule has 0 atom stereocenters. The van der Waals surface area contributed by atoms with Gasteiger partial charge in [0.15, 0.2) is 17.0 Å². The number of rotatable bonds is 4. The molecule has 0 unspecified atom stereocenters. The van der Waals surface area contributed by atoms with Crippen LogP contribution in [0.2, 0.25) is 5.15 Å². The van der Waals surface area contributed by atoms with Crippen molar-refractivity contribution < 1.29 is 4.39 Å². The molecule has 7 nitrogen and oxygen atoms in total. The second kappa shape index (κ2) is 6.88. The molecule has 4 aromatic rings. The van der Waals surface area contributed by atoms with Gasteiger partial charge in [0.05, 0.1) is 18.4 Å². The Balaban J connectivity index is 1.97. The first kappa shape index (κ1) is 17.3. The molecule has 136 valence electrons. The minimum Gasteiger partial charge on any atom is -0.382 e. The van der Waals surface area contributed by atoms with Crippen LogP contribution < -0.4 is 5.73 Å². The van der Waals surface area contributed by atoms with E-state index >= 15 is 0 Å². The van der Waals surface area contributed by atoms with E-state index in [0.717, 1.165) is 6.20 Å². The number of hydrogen-bond acceptors (Lipinski definition) is 6. The van der Waals surface area contributed by atoms with Crippen LogP contribution in [0, 0.1) is 5.82 Å². The van der Waals surface area contributed by atoms with E-state index in [1.807, 2.05) is 23.6 Å². The summed E-state index contributed by atoms with van der Waals surface area (Å²) in [6.07, 6.45) is 3.30. The molecule has 0 fully saturated rings. The Morgan fingerprint density at radius 3 is 2.74 bits per heavy atom. The van der Waals surface area contributed by atoms with E-state index in [2.05, 4.69) is 24.9 Å². The molecular formula is C18H15ClFN7. The number of aryl methyl sites for hydroxylation is 1. The largest absolute Gasteiger partial charge is 0.382 e. The third kappa shape index (κ3) is 3.31. The van der Waals surface area contributed by atoms with Gasteiger partial charge in [-0.25, -0.2) is 24.3 Å². The predicted molar refractivity (Wildman–Crippen MR) is 101 cm³/mol. The van der Waals surface area contributed by atoms with Crippen LogP contribution in [0.1, 0.15) is 18.4 Å². The van der Waals surface area contributed by atoms with Crippen LogP contribution >= 0.6 is 11.6 Å². The zero-order valence-corrected chi connectivity index (χ0v) is 15.2. The van der Waals surface area contributed by atoms with Gasteiger partial charge in [-0.05, 0) is 18.2 Å². The summed E-state index contributed by atoms with van der Waals surface area (Å²) in [6, 6.07) is 6.72. The van der Waals surface area contributed by atoms with Crippen molar-refractivity contribution in [2.24, 2.45) is 0 Å². The summed E-state index contributed by atoms with van der Waals surface area (Å²) >= 11 is 6.01. The fraction of sp³-hybridized carbons (Fsp3) is 0.167. The van der Waals surface area contributed by atoms with Gasteiger partial charge in [-0.2, -0.15) is 0 Å². The van der Waals surface area contributed by atoms with Crippen LogP contribution in [0.4, 0.5) is 10.2 Å². The van der Waals surface area contributed by atoms with Crippen LogP contribution in [-0.4, -0.2) is 29.5 Å². The van der Waals surface area contributed by atoms with Crippen LogP contribution in [0.25, 0.3) is 22.6 Å². The summed E-state index contributed by atoms with van der Waals surface area (Å²) in [5.74, 6) is 0.901. The van der Waals surface area contributed by atoms with Gasteiger partial charge in [-0.1, -0.05) is 24.6 Å². The number of nitrogens with zero attached hydrogens (tertiary/aromatic N) is 6. The highest BCUT2D eigenvalue weighted by Gasteiger charge is 2.19. The Bertz CT molecular complexity index is 1140. The van der Waals surface area contributed by atoms with Crippen molar-refractivity contribution in [2.45, 2.75) is 19.9 Å². The first-order chi connectivity index (χ1) is 13.0. The van der Waals surface area contributed by atoms with Gasteiger partial charge in [-0.3, -0.25) is 4.98 Å². The fourth-order valence-electron chi connectivity index (χ4n) is 2.83. The number of anilines is 1. The molecule has 0 bridgehead atoms. The van der Waals surface area contributed by atoms with E-state index in [1.54, 1.807) is 6.07 Å². The molecule has 0 saturated carbocycles. The van der Waals surface area contributed by atoms with E-state index in [9.17, 15) is 4.39 Å². The average Bonchev–Trinajstić information content (AvgIpc) is 3.01. The molecule has 0 amide bonds. The molecule has 2 N–H and O–H groups in total. The van der Waals surface area contributed by atoms with Crippen molar-refractivity contribution in [3.05, 3.63) is 59.1 Å². The minimum atomic E-state index is -0.458. The van der Waals surface area contributed by atoms with E-state index < -0.39 is 5.82 Å². The van der Waals surface area contributed by atoms with Crippen LogP contribution in [-0.2, 0) is 13.0 Å². The Labute approximate surface area is 159 Å². The van der Waals surface area contributed by atoms with E-state index in [0.29, 0.717) is 52.2 Å². The standard InChI is InChI=1S/C18H15ClFN7/c1-2-14-24-16(21)15-18(25-14)27(9-12-4-3-5-13(19)23-12)17(26-15)10-6-11(20)8-22-7-10/h3-8H,2,9H2,1H3,(H2,21,24,25). The summed E-state index contributed by atoms with van der Waals surface area (Å²) < 4.78 is 15.6. The molecule has 0 radical (unpaired) electrons. The molecule has 0 saturated heterocycles. The second-order valence-electron chi connectivity index (χ2n) is 5.92. The zero-order valence-electron chi connectivity index (χ0n) is 14.4. The SMILES string of the molecule is CCc1nc(N)c2nc(-c3cncc(F)c3)n(Cc3cccc(Cl)n3)c2n1. The number of imidazole rings is 1. The van der Waals surface area contributed by atoms with Gasteiger partial charge in [0, 0.05) is 18.2 Å². The summed E-state index contributed by atoms with van der Waals surface area (Å²) in [6.45, 7) is 2.28. The Morgan fingerprint density at radius 2 is 2.00 bits per heavy atom. The van der Waals surface area contributed by atoms with Gasteiger partial charge in [0.25, 0.3) is 0 Å². The maximum atomic E-state index is 13.7. The number of hydrogen-bond donors (Lipinski definition) is 1. The van der Waals surface area contributed by atoms with Crippen molar-refractivity contribution in [2.75, 3.05) is 5.73 Å². The number of nitrogen functional groups attached to an aromatic ring is 1. The van der Waals surface area contributed by atoms with Crippen LogP contribution in [0.3, 0.4) is 0 Å². The van der Waals surface area contributed by atoms with Crippen molar-refractivity contribution in [1.29, 1.82) is 0 Å². The number of nitrogens with two attached hydrogens (primary N) is 1. The van der Waals surface area contributed by atoms with Gasteiger partial charge in [-0.15, -0.1) is 0 Å². The molecule has 27 heavy (non-hydrogen) atoms. The predicted octanol–water partition coefficient (Wildman–Crippen LogP) is 3.27. The third-order valence-electron chi connectivity index (χ3n) is 4.04. The molecule has 4 rings (SSSR count). The molecule has 0 aliphatic carbocycles. The highest BCUT2D eigenvalue weighted by Crippen LogP contribution is 2.27. The maximum absolute atomic E-state index is 13.7. The first-order valence-corrected chi connectivity index (χ1v) is 8.68. The molecule has 0 spiro atoms. The van der Waals surface area contributed by atoms with Gasteiger partial charge >= 0.3 is 0 Å². The summed E-state index contributed by atoms with van der Waals surface area (Å²) in [4.78, 5) is 21.7. The Kier molecular flexibility index (Phi) is 4.41. The van der Waals surface area contributed by atoms with Crippen molar-refractivity contribution in [3.8, 4) is 11.4 Å². The summed E-state index contributed by atoms with van der Waals surface area (Å²) in [5, 5.41) is 0.384. The van der Waals surface area contributed by atoms with Crippen molar-refractivity contribution in [3.63, 3.8) is 0 Å². The smallest absolute Gasteiger partial charge is 0.166 e. The maximum Gasteiger partial charge on any atom is 0.166 e. The van der Waals surface area contributed by atoms with Crippen molar-refractivity contribution >= 4 is 28.6 Å². The number of fused-ring (bicyclic) bond motifs is 1. The fourth-order valence-corrected chi connectivity index (χ4v) is 3.01. The number of aromatic nitrogens is 6. The number of pyridine rings is 2. The molecule has 0 aromatic carbocycles. The molecular weight excluding hydrogens is 369 g/mol. The lowest BCUT2D eigenvalue weighted by Crippen LogP contribution is -2.07. The molecule has 0 aliphatic rings. The van der Waals surface area contributed by atoms with Crippen molar-refractivity contribution in [1.82, 2.24) is 29.5 Å². The normalized spacial score (nSPS) is 11.2. The number of halogens is 2. The van der Waals surface area contributed by atoms with Gasteiger partial charge < -0.3 is 10.3 Å². The monoisotopic (exact) mass is 383 g/mol. The zero-order chi connectivity index (χ0) is 19.0. The highest BCUT2D eigenvalue weighted by molar-refractivity contribution is 6.29. The van der Waals surface area contributed by atoms with E-state index in [-0.39, 0.29) is 5.82 Å². The van der Waals surface area contributed by atoms with E-state index in [4.69, 9.17) is 17.3 Å². The minimum absolute atomic E-state index is 0.278. The summed E-state index contributed by atoms with van der Waals surface area (Å²) in [7, 11) is 0. The highest BCUT2D eigenvalue weighted by atomic mass is 35.5. The van der Waals surface area contributed by atoms with Crippen LogP contribution in [0.5, 0.6) is 0 Å². The quantitative estimate of drug-likeness (QED) is 0.543. The molecule has 4 heterocycles. The van der Waals surface area contributed by atoms with Crippen LogP contribution in [0.15, 0.2) is 36.7 Å². The lowest BCUT2D eigenvalue weighted by atomic mass is 10.2. The molecule has 9 heteroatoms. The average molecular weight is 384 g/mol. The third-order valence-corrected chi connectivity index (χ3v) is 4.25. The topological polar surface area (TPSA) is 95.4 Å². The lowest BCUT2D eigenvalue weighted by Gasteiger charge is -2.09.